The summed E-state index contributed by atoms with van der Waals surface area (Å²) in [6.45, 7) is -6.67. The molecule has 0 heterocycles. The molecule has 35 heavy (non-hydrogen) atoms. The van der Waals surface area contributed by atoms with E-state index in [1.165, 1.54) is 0 Å². The smallest absolute Gasteiger partial charge is 0.251 e. The van der Waals surface area contributed by atoms with Crippen molar-refractivity contribution in [3.05, 3.63) is 11.1 Å². The largest absolute Gasteiger partial charge is 0.435 e. The van der Waals surface area contributed by atoms with Crippen molar-refractivity contribution < 1.29 is 87.8 Å². The summed E-state index contributed by atoms with van der Waals surface area (Å²) >= 11 is 4.09. The van der Waals surface area contributed by atoms with Crippen LogP contribution >= 0.6 is 11.6 Å². The number of rotatable bonds is 11. The minimum Gasteiger partial charge on any atom is -0.251 e. The lowest BCUT2D eigenvalue weighted by atomic mass is 9.76. The summed E-state index contributed by atoms with van der Waals surface area (Å²) in [7, 11) is 0. The van der Waals surface area contributed by atoms with Gasteiger partial charge in [0.1, 0.15) is 11.7 Å². The second-order valence-electron chi connectivity index (χ2n) is 6.57. The number of hydrogen-bond acceptors (Lipinski definition) is 0. The number of allylic oxidation sites excluding steroid dienone is 1. The maximum atomic E-state index is 14.4. The first-order chi connectivity index (χ1) is 15.1. The standard InChI is InChI=1S/C14H7ClF20/c15-4(5(18)19)7(21,3-17)11(27,28)10(26,14(33,34)35)13(31,32)12(29,30)9(24,25)6(20)8(22,23)1-2-16/h6H,1-3H2. The van der Waals surface area contributed by atoms with Gasteiger partial charge in [0, 0.05) is 6.42 Å². The van der Waals surface area contributed by atoms with E-state index in [0.29, 0.717) is 0 Å². The average Bonchev–Trinajstić information content (AvgIpc) is 2.69. The SMILES string of the molecule is FCCC(F)(F)C(F)C(F)(F)C(F)(F)C(F)(F)C(F)(C(F)(F)F)C(F)(F)C(F)(CF)C(Cl)=C(F)F. The Morgan fingerprint density at radius 1 is 0.657 bits per heavy atom. The molecule has 0 aromatic heterocycles. The molecular weight excluding hydrogens is 584 g/mol. The summed E-state index contributed by atoms with van der Waals surface area (Å²) < 4.78 is 267. The first-order valence-corrected chi connectivity index (χ1v) is 8.32. The van der Waals surface area contributed by atoms with Gasteiger partial charge in [0.2, 0.25) is 11.8 Å². The first kappa shape index (κ1) is 33.6. The van der Waals surface area contributed by atoms with Gasteiger partial charge in [-0.3, -0.25) is 4.39 Å². The molecule has 0 radical (unpaired) electrons. The van der Waals surface area contributed by atoms with Gasteiger partial charge in [-0.1, -0.05) is 11.6 Å². The van der Waals surface area contributed by atoms with E-state index in [9.17, 15) is 87.8 Å². The van der Waals surface area contributed by atoms with E-state index in [1.54, 1.807) is 0 Å². The van der Waals surface area contributed by atoms with Gasteiger partial charge in [0.15, 0.2) is 0 Å². The highest BCUT2D eigenvalue weighted by Gasteiger charge is 2.96. The molecule has 3 unspecified atom stereocenters. The lowest BCUT2D eigenvalue weighted by molar-refractivity contribution is -0.442. The number of alkyl halides is 18. The van der Waals surface area contributed by atoms with E-state index in [-0.39, 0.29) is 0 Å². The Bertz CT molecular complexity index is 781. The van der Waals surface area contributed by atoms with Gasteiger partial charge in [0.25, 0.3) is 12.0 Å². The highest BCUT2D eigenvalue weighted by Crippen LogP contribution is 2.66. The zero-order valence-corrected chi connectivity index (χ0v) is 16.4. The molecule has 0 aromatic carbocycles. The molecule has 0 saturated carbocycles. The van der Waals surface area contributed by atoms with Crippen LogP contribution in [-0.4, -0.2) is 66.6 Å². The fraction of sp³-hybridized carbons (Fsp3) is 0.857. The van der Waals surface area contributed by atoms with Crippen molar-refractivity contribution in [3.8, 4) is 0 Å². The highest BCUT2D eigenvalue weighted by molar-refractivity contribution is 6.31. The van der Waals surface area contributed by atoms with E-state index in [4.69, 9.17) is 0 Å². The van der Waals surface area contributed by atoms with E-state index in [0.717, 1.165) is 0 Å². The highest BCUT2D eigenvalue weighted by atomic mass is 35.5. The summed E-state index contributed by atoms with van der Waals surface area (Å²) in [6, 6.07) is 0. The molecule has 0 bridgehead atoms. The molecule has 0 spiro atoms. The zero-order chi connectivity index (χ0) is 28.9. The summed E-state index contributed by atoms with van der Waals surface area (Å²) in [5, 5.41) is -3.82. The summed E-state index contributed by atoms with van der Waals surface area (Å²) in [5.41, 5.74) is -15.7. The van der Waals surface area contributed by atoms with Gasteiger partial charge in [-0.15, -0.1) is 0 Å². The Kier molecular flexibility index (Phi) is 9.13. The minimum absolute atomic E-state index is 2.56. The van der Waals surface area contributed by atoms with Crippen molar-refractivity contribution in [1.29, 1.82) is 0 Å². The second kappa shape index (κ2) is 9.50. The lowest BCUT2D eigenvalue weighted by Gasteiger charge is -2.47. The monoisotopic (exact) mass is 590 g/mol. The average molecular weight is 591 g/mol. The Labute approximate surface area is 184 Å². The quantitative estimate of drug-likeness (QED) is 0.213. The summed E-state index contributed by atoms with van der Waals surface area (Å²) in [6.07, 6.45) is -21.6. The van der Waals surface area contributed by atoms with Gasteiger partial charge in [-0.25, -0.2) is 26.3 Å². The maximum Gasteiger partial charge on any atom is 0.435 e. The van der Waals surface area contributed by atoms with Crippen LogP contribution in [0.15, 0.2) is 11.1 Å². The molecule has 210 valence electrons. The van der Waals surface area contributed by atoms with Crippen LogP contribution in [0.5, 0.6) is 0 Å². The zero-order valence-electron chi connectivity index (χ0n) is 15.6. The molecule has 0 aliphatic carbocycles. The van der Waals surface area contributed by atoms with Gasteiger partial charge < -0.3 is 0 Å². The number of hydrogen-bond donors (Lipinski definition) is 0. The van der Waals surface area contributed by atoms with Crippen molar-refractivity contribution in [2.24, 2.45) is 0 Å². The molecule has 3 atom stereocenters. The number of halogens is 21. The molecule has 21 heteroatoms. The molecule has 0 nitrogen and oxygen atoms in total. The normalized spacial score (nSPS) is 19.1. The van der Waals surface area contributed by atoms with Gasteiger partial charge in [-0.05, 0) is 0 Å². The van der Waals surface area contributed by atoms with Crippen molar-refractivity contribution in [2.75, 3.05) is 13.3 Å². The van der Waals surface area contributed by atoms with Crippen molar-refractivity contribution in [2.45, 2.75) is 59.7 Å². The molecule has 0 aromatic rings. The third kappa shape index (κ3) is 4.59. The van der Waals surface area contributed by atoms with Crippen molar-refractivity contribution in [1.82, 2.24) is 0 Å². The second-order valence-corrected chi connectivity index (χ2v) is 6.95. The molecule has 0 N–H and O–H groups in total. The van der Waals surface area contributed by atoms with E-state index < -0.39 is 84.2 Å². The molecule has 0 rings (SSSR count). The van der Waals surface area contributed by atoms with Crippen LogP contribution < -0.4 is 0 Å². The minimum atomic E-state index is -8.95. The molecular formula is C14H7ClF20. The van der Waals surface area contributed by atoms with Crippen LogP contribution in [0.1, 0.15) is 6.42 Å². The third-order valence-corrected chi connectivity index (χ3v) is 4.82. The van der Waals surface area contributed by atoms with Crippen molar-refractivity contribution >= 4 is 11.6 Å². The Morgan fingerprint density at radius 3 is 1.34 bits per heavy atom. The van der Waals surface area contributed by atoms with E-state index >= 15 is 0 Å². The summed E-state index contributed by atoms with van der Waals surface area (Å²) in [5.74, 6) is -40.0. The van der Waals surface area contributed by atoms with Crippen LogP contribution in [0.2, 0.25) is 0 Å². The first-order valence-electron chi connectivity index (χ1n) is 7.94. The predicted molar refractivity (Wildman–Crippen MR) is 75.0 cm³/mol. The molecule has 0 saturated heterocycles. The topological polar surface area (TPSA) is 0 Å². The molecule has 0 aliphatic rings. The van der Waals surface area contributed by atoms with Gasteiger partial charge >= 0.3 is 35.5 Å². The fourth-order valence-electron chi connectivity index (χ4n) is 2.36. The Balaban J connectivity index is 7.47. The van der Waals surface area contributed by atoms with Crippen LogP contribution in [-0.2, 0) is 0 Å². The third-order valence-electron chi connectivity index (χ3n) is 4.38. The lowest BCUT2D eigenvalue weighted by Crippen LogP contribution is -2.79. The van der Waals surface area contributed by atoms with Crippen LogP contribution in [0.3, 0.4) is 0 Å². The van der Waals surface area contributed by atoms with Crippen LogP contribution in [0, 0.1) is 0 Å². The van der Waals surface area contributed by atoms with Crippen LogP contribution in [0.4, 0.5) is 87.8 Å². The van der Waals surface area contributed by atoms with Gasteiger partial charge in [0.05, 0.1) is 6.67 Å². The maximum absolute atomic E-state index is 14.4. The molecule has 0 amide bonds. The fourth-order valence-corrected chi connectivity index (χ4v) is 2.53. The van der Waals surface area contributed by atoms with Crippen molar-refractivity contribution in [3.63, 3.8) is 0 Å². The molecule has 0 aliphatic heterocycles. The van der Waals surface area contributed by atoms with E-state index in [1.807, 2.05) is 0 Å². The van der Waals surface area contributed by atoms with Crippen LogP contribution in [0.25, 0.3) is 0 Å². The summed E-state index contributed by atoms with van der Waals surface area (Å²) in [4.78, 5) is 0. The Hall–Kier alpha value is -1.37. The van der Waals surface area contributed by atoms with Gasteiger partial charge in [-0.2, -0.15) is 57.1 Å². The molecule has 0 fully saturated rings. The Morgan fingerprint density at radius 2 is 1.06 bits per heavy atom. The van der Waals surface area contributed by atoms with E-state index in [2.05, 4.69) is 11.6 Å². The predicted octanol–water partition coefficient (Wildman–Crippen LogP) is 8.16.